The fourth-order valence-corrected chi connectivity index (χ4v) is 3.34. The molecule has 1 aliphatic rings. The Morgan fingerprint density at radius 2 is 2.17 bits per heavy atom. The third kappa shape index (κ3) is 3.23. The average Bonchev–Trinajstić information content (AvgIpc) is 2.30. The Morgan fingerprint density at radius 3 is 2.61 bits per heavy atom. The molecule has 0 heterocycles. The van der Waals surface area contributed by atoms with Crippen molar-refractivity contribution >= 4 is 5.97 Å². The number of nitrogens with zero attached hydrogens (tertiary/aromatic N) is 1. The van der Waals surface area contributed by atoms with Crippen molar-refractivity contribution < 1.29 is 9.90 Å². The van der Waals surface area contributed by atoms with Gasteiger partial charge in [-0.25, -0.2) is 0 Å². The summed E-state index contributed by atoms with van der Waals surface area (Å²) in [6.45, 7) is 10.2. The molecule has 1 saturated carbocycles. The smallest absolute Gasteiger partial charge is 0.323 e. The lowest BCUT2D eigenvalue weighted by molar-refractivity contribution is -0.147. The van der Waals surface area contributed by atoms with Crippen LogP contribution in [-0.4, -0.2) is 46.7 Å². The highest BCUT2D eigenvalue weighted by Crippen LogP contribution is 2.32. The highest BCUT2D eigenvalue weighted by molar-refractivity contribution is 5.79. The number of carboxylic acid groups (broad SMARTS) is 1. The van der Waals surface area contributed by atoms with E-state index in [2.05, 4.69) is 31.0 Å². The monoisotopic (exact) mass is 256 g/mol. The zero-order valence-electron chi connectivity index (χ0n) is 12.2. The van der Waals surface area contributed by atoms with Crippen molar-refractivity contribution in [2.45, 2.75) is 71.0 Å². The predicted octanol–water partition coefficient (Wildman–Crippen LogP) is 2.09. The fraction of sp³-hybridized carbons (Fsp3) is 0.929. The standard InChI is InChI=1S/C14H28N2O2/c1-5-15-14(13(17)18)9-7-8-12(10-14)16(6-2)11(3)4/h11-12,15H,5-10H2,1-4H3,(H,17,18). The van der Waals surface area contributed by atoms with Crippen molar-refractivity contribution in [1.82, 2.24) is 10.2 Å². The van der Waals surface area contributed by atoms with Crippen molar-refractivity contribution in [2.24, 2.45) is 0 Å². The number of hydrogen-bond donors (Lipinski definition) is 2. The number of carboxylic acids is 1. The van der Waals surface area contributed by atoms with Gasteiger partial charge in [-0.2, -0.15) is 0 Å². The summed E-state index contributed by atoms with van der Waals surface area (Å²) >= 11 is 0. The minimum absolute atomic E-state index is 0.388. The second kappa shape index (κ2) is 6.53. The molecule has 0 aromatic carbocycles. The van der Waals surface area contributed by atoms with Gasteiger partial charge in [-0.15, -0.1) is 0 Å². The molecule has 2 atom stereocenters. The van der Waals surface area contributed by atoms with E-state index < -0.39 is 11.5 Å². The van der Waals surface area contributed by atoms with Gasteiger partial charge >= 0.3 is 5.97 Å². The first-order valence-electron chi connectivity index (χ1n) is 7.21. The van der Waals surface area contributed by atoms with Crippen LogP contribution in [0.2, 0.25) is 0 Å². The molecule has 2 unspecified atom stereocenters. The topological polar surface area (TPSA) is 52.6 Å². The van der Waals surface area contributed by atoms with Crippen LogP contribution in [0.15, 0.2) is 0 Å². The van der Waals surface area contributed by atoms with Gasteiger partial charge in [-0.3, -0.25) is 9.69 Å². The van der Waals surface area contributed by atoms with E-state index in [9.17, 15) is 9.90 Å². The number of likely N-dealkylation sites (N-methyl/N-ethyl adjacent to an activating group) is 1. The third-order valence-corrected chi connectivity index (χ3v) is 4.15. The Labute approximate surface area is 111 Å². The van der Waals surface area contributed by atoms with Crippen molar-refractivity contribution in [2.75, 3.05) is 13.1 Å². The number of rotatable bonds is 6. The summed E-state index contributed by atoms with van der Waals surface area (Å²) in [5.41, 5.74) is -0.708. The van der Waals surface area contributed by atoms with Gasteiger partial charge in [0.1, 0.15) is 5.54 Å². The summed E-state index contributed by atoms with van der Waals surface area (Å²) in [5, 5.41) is 12.8. The van der Waals surface area contributed by atoms with Crippen LogP contribution in [0.1, 0.15) is 53.4 Å². The van der Waals surface area contributed by atoms with Crippen LogP contribution in [0, 0.1) is 0 Å². The molecule has 4 heteroatoms. The van der Waals surface area contributed by atoms with Gasteiger partial charge in [0.15, 0.2) is 0 Å². The number of nitrogens with one attached hydrogen (secondary N) is 1. The van der Waals surface area contributed by atoms with Crippen molar-refractivity contribution in [3.63, 3.8) is 0 Å². The first-order valence-corrected chi connectivity index (χ1v) is 7.21. The van der Waals surface area contributed by atoms with Crippen LogP contribution in [0.25, 0.3) is 0 Å². The van der Waals surface area contributed by atoms with Gasteiger partial charge < -0.3 is 10.4 Å². The second-order valence-corrected chi connectivity index (χ2v) is 5.59. The molecule has 18 heavy (non-hydrogen) atoms. The molecule has 0 spiro atoms. The molecule has 2 N–H and O–H groups in total. The number of hydrogen-bond acceptors (Lipinski definition) is 3. The van der Waals surface area contributed by atoms with E-state index in [0.717, 1.165) is 32.2 Å². The zero-order chi connectivity index (χ0) is 13.8. The van der Waals surface area contributed by atoms with Gasteiger partial charge in [0.05, 0.1) is 0 Å². The molecule has 0 radical (unpaired) electrons. The van der Waals surface area contributed by atoms with Crippen LogP contribution in [0.5, 0.6) is 0 Å². The highest BCUT2D eigenvalue weighted by atomic mass is 16.4. The van der Waals surface area contributed by atoms with Crippen LogP contribution in [0.3, 0.4) is 0 Å². The average molecular weight is 256 g/mol. The van der Waals surface area contributed by atoms with E-state index in [1.165, 1.54) is 0 Å². The second-order valence-electron chi connectivity index (χ2n) is 5.59. The Bertz CT molecular complexity index is 277. The predicted molar refractivity (Wildman–Crippen MR) is 73.8 cm³/mol. The largest absolute Gasteiger partial charge is 0.480 e. The van der Waals surface area contributed by atoms with E-state index >= 15 is 0 Å². The van der Waals surface area contributed by atoms with E-state index in [0.29, 0.717) is 18.6 Å². The van der Waals surface area contributed by atoms with Crippen LogP contribution in [-0.2, 0) is 4.79 Å². The van der Waals surface area contributed by atoms with Gasteiger partial charge in [0.25, 0.3) is 0 Å². The maximum absolute atomic E-state index is 11.6. The van der Waals surface area contributed by atoms with E-state index in [-0.39, 0.29) is 0 Å². The van der Waals surface area contributed by atoms with Gasteiger partial charge in [-0.05, 0) is 52.6 Å². The molecule has 0 aromatic rings. The number of carbonyl (C=O) groups is 1. The van der Waals surface area contributed by atoms with Crippen molar-refractivity contribution in [3.05, 3.63) is 0 Å². The van der Waals surface area contributed by atoms with Gasteiger partial charge in [-0.1, -0.05) is 13.8 Å². The Hall–Kier alpha value is -0.610. The quantitative estimate of drug-likeness (QED) is 0.764. The molecule has 0 bridgehead atoms. The molecule has 0 aromatic heterocycles. The van der Waals surface area contributed by atoms with Gasteiger partial charge in [0.2, 0.25) is 0 Å². The fourth-order valence-electron chi connectivity index (χ4n) is 3.34. The highest BCUT2D eigenvalue weighted by Gasteiger charge is 2.43. The number of aliphatic carboxylic acids is 1. The molecular weight excluding hydrogens is 228 g/mol. The molecule has 0 amide bonds. The molecule has 4 nitrogen and oxygen atoms in total. The van der Waals surface area contributed by atoms with E-state index in [1.54, 1.807) is 0 Å². The summed E-state index contributed by atoms with van der Waals surface area (Å²) in [5.74, 6) is -0.686. The van der Waals surface area contributed by atoms with E-state index in [1.807, 2.05) is 6.92 Å². The summed E-state index contributed by atoms with van der Waals surface area (Å²) in [4.78, 5) is 14.0. The Kier molecular flexibility index (Phi) is 5.60. The normalized spacial score (nSPS) is 28.9. The first-order chi connectivity index (χ1) is 8.46. The lowest BCUT2D eigenvalue weighted by Gasteiger charge is -2.44. The molecule has 1 fully saturated rings. The van der Waals surface area contributed by atoms with Crippen LogP contribution in [0.4, 0.5) is 0 Å². The lowest BCUT2D eigenvalue weighted by atomic mass is 9.78. The maximum Gasteiger partial charge on any atom is 0.323 e. The first kappa shape index (κ1) is 15.4. The van der Waals surface area contributed by atoms with Crippen LogP contribution >= 0.6 is 0 Å². The zero-order valence-corrected chi connectivity index (χ0v) is 12.2. The van der Waals surface area contributed by atoms with E-state index in [4.69, 9.17) is 0 Å². The maximum atomic E-state index is 11.6. The lowest BCUT2D eigenvalue weighted by Crippen LogP contribution is -2.59. The minimum Gasteiger partial charge on any atom is -0.480 e. The SMILES string of the molecule is CCNC1(C(=O)O)CCCC(N(CC)C(C)C)C1. The molecule has 1 rings (SSSR count). The Morgan fingerprint density at radius 1 is 1.50 bits per heavy atom. The molecular formula is C14H28N2O2. The molecule has 0 aliphatic heterocycles. The van der Waals surface area contributed by atoms with Crippen molar-refractivity contribution in [1.29, 1.82) is 0 Å². The summed E-state index contributed by atoms with van der Waals surface area (Å²) in [7, 11) is 0. The molecule has 1 aliphatic carbocycles. The summed E-state index contributed by atoms with van der Waals surface area (Å²) < 4.78 is 0. The third-order valence-electron chi connectivity index (χ3n) is 4.15. The summed E-state index contributed by atoms with van der Waals surface area (Å²) in [6, 6.07) is 0.866. The van der Waals surface area contributed by atoms with Crippen molar-refractivity contribution in [3.8, 4) is 0 Å². The molecule has 0 saturated heterocycles. The Balaban J connectivity index is 2.83. The minimum atomic E-state index is -0.708. The van der Waals surface area contributed by atoms with Gasteiger partial charge in [0, 0.05) is 12.1 Å². The molecule has 106 valence electrons. The summed E-state index contributed by atoms with van der Waals surface area (Å²) in [6.07, 6.45) is 3.59. The van der Waals surface area contributed by atoms with Crippen LogP contribution < -0.4 is 5.32 Å².